The summed E-state index contributed by atoms with van der Waals surface area (Å²) in [7, 11) is 0. The third kappa shape index (κ3) is 10.6. The number of carboxylic acid groups (broad SMARTS) is 1. The number of rotatable bonds is 11. The zero-order chi connectivity index (χ0) is 49.6. The third-order valence-corrected chi connectivity index (χ3v) is 14.0. The van der Waals surface area contributed by atoms with Crippen molar-refractivity contribution in [2.45, 2.75) is 57.5 Å². The second kappa shape index (κ2) is 22.7. The Hall–Kier alpha value is -7.87. The van der Waals surface area contributed by atoms with Crippen LogP contribution in [-0.2, 0) is 37.9 Å². The van der Waals surface area contributed by atoms with E-state index >= 15 is 9.59 Å². The summed E-state index contributed by atoms with van der Waals surface area (Å²) >= 11 is 0. The van der Waals surface area contributed by atoms with E-state index in [1.54, 1.807) is 0 Å². The molecule has 3 aliphatic rings. The van der Waals surface area contributed by atoms with Gasteiger partial charge in [-0.3, -0.25) is 9.59 Å². The van der Waals surface area contributed by atoms with Crippen molar-refractivity contribution in [1.29, 1.82) is 0 Å². The maximum absolute atomic E-state index is 15.3. The molecular formula is C65H55MnN2O5-. The fourth-order valence-electron chi connectivity index (χ4n) is 10.7. The van der Waals surface area contributed by atoms with E-state index in [2.05, 4.69) is 120 Å². The number of carbonyl (C=O) groups is 3. The van der Waals surface area contributed by atoms with Crippen LogP contribution in [0.4, 0.5) is 0 Å². The molecule has 0 amide bonds. The Morgan fingerprint density at radius 3 is 1.55 bits per heavy atom. The molecule has 0 bridgehead atoms. The van der Waals surface area contributed by atoms with Crippen molar-refractivity contribution in [1.82, 2.24) is 10.6 Å². The standard InChI is InChI=1S/C63H52N2O3.C2H4O2.Mn/c66-35-15-16-41-29-32-55-47(36-41)38-49(63(68)61(55)59-51-25-11-8-22-45(51)31-34-54(59)43-19-5-2-6-20-43)40-65-57-28-14-13-27-56(57)64-39-48-37-46-23-9-12-26-52(46)60(62(48)67)58-50-24-10-7-21-44(50)30-33-53(58)42-17-3-1-4-18-42;1-2(3)4;/h1-12,17-26,29-34,36-40,56-57,64-66H,13-16,27-28,35H2;1H3,(H,3,4);/p-1/b48-39-,49-40-;;/t56-,57-;;/m0../s1. The molecule has 73 heavy (non-hydrogen) atoms. The van der Waals surface area contributed by atoms with E-state index in [4.69, 9.17) is 9.90 Å². The number of Topliss-reactive ketones (excluding diaryl/α,β-unsaturated/α-hetero) is 2. The molecule has 1 radical (unpaired) electrons. The molecule has 8 heteroatoms. The number of aryl methyl sites for hydroxylation is 1. The molecule has 0 aliphatic heterocycles. The summed E-state index contributed by atoms with van der Waals surface area (Å²) in [6.07, 6.45) is 13.3. The minimum Gasteiger partial charge on any atom is -0.550 e. The van der Waals surface area contributed by atoms with Gasteiger partial charge in [-0.05, 0) is 115 Å². The molecule has 8 aromatic carbocycles. The molecule has 0 heterocycles. The molecule has 1 fully saturated rings. The summed E-state index contributed by atoms with van der Waals surface area (Å²) in [5.74, 6) is -1.13. The fraction of sp³-hybridized carbons (Fsp3) is 0.154. The van der Waals surface area contributed by atoms with Gasteiger partial charge >= 0.3 is 0 Å². The largest absolute Gasteiger partial charge is 0.550 e. The Bertz CT molecular complexity index is 3730. The Morgan fingerprint density at radius 1 is 0.575 bits per heavy atom. The Labute approximate surface area is 435 Å². The number of hydrogen-bond acceptors (Lipinski definition) is 7. The molecule has 363 valence electrons. The molecule has 0 saturated heterocycles. The SMILES string of the molecule is CC(=O)[O-].O=C1C(c2c(-c3ccccc3)ccc3ccccc23)=c2ccccc2=C/C1=C/N[C@H]1CCCC[C@@H]1N/C=C1/C=c2cc(CCCO)ccc2=C(c2c(-c3ccccc3)ccc3ccccc23)C1=O.[Mn]. The van der Waals surface area contributed by atoms with Crippen molar-refractivity contribution >= 4 is 62.4 Å². The van der Waals surface area contributed by atoms with Crippen molar-refractivity contribution in [2.24, 2.45) is 0 Å². The van der Waals surface area contributed by atoms with Gasteiger partial charge in [-0.1, -0.05) is 189 Å². The summed E-state index contributed by atoms with van der Waals surface area (Å²) < 4.78 is 0. The second-order valence-corrected chi connectivity index (χ2v) is 18.7. The van der Waals surface area contributed by atoms with Crippen LogP contribution in [0.5, 0.6) is 0 Å². The van der Waals surface area contributed by atoms with Crippen LogP contribution in [0.15, 0.2) is 199 Å². The van der Waals surface area contributed by atoms with Crippen LogP contribution in [0.25, 0.3) is 67.1 Å². The van der Waals surface area contributed by atoms with E-state index in [-0.39, 0.29) is 47.3 Å². The number of aliphatic hydroxyl groups excluding tert-OH is 1. The van der Waals surface area contributed by atoms with Crippen LogP contribution < -0.4 is 36.6 Å². The van der Waals surface area contributed by atoms with Crippen molar-refractivity contribution in [2.75, 3.05) is 6.61 Å². The molecule has 3 aliphatic carbocycles. The van der Waals surface area contributed by atoms with Crippen LogP contribution >= 0.6 is 0 Å². The summed E-state index contributed by atoms with van der Waals surface area (Å²) in [6, 6.07) is 60.5. The van der Waals surface area contributed by atoms with E-state index in [1.807, 2.05) is 91.3 Å². The van der Waals surface area contributed by atoms with Crippen LogP contribution in [0, 0.1) is 0 Å². The normalized spacial score (nSPS) is 17.1. The van der Waals surface area contributed by atoms with Gasteiger partial charge in [0, 0.05) is 87.5 Å². The second-order valence-electron chi connectivity index (χ2n) is 18.7. The molecule has 1 saturated carbocycles. The molecule has 0 unspecified atom stereocenters. The first-order valence-electron chi connectivity index (χ1n) is 24.9. The van der Waals surface area contributed by atoms with Gasteiger partial charge in [-0.15, -0.1) is 0 Å². The van der Waals surface area contributed by atoms with Gasteiger partial charge in [0.15, 0.2) is 11.6 Å². The fourth-order valence-corrected chi connectivity index (χ4v) is 10.7. The van der Waals surface area contributed by atoms with Crippen molar-refractivity contribution in [3.05, 3.63) is 237 Å². The average Bonchev–Trinajstić information content (AvgIpc) is 3.41. The smallest absolute Gasteiger partial charge is 0.195 e. The molecular weight excluding hydrogens is 944 g/mol. The van der Waals surface area contributed by atoms with E-state index in [9.17, 15) is 5.11 Å². The summed E-state index contributed by atoms with van der Waals surface area (Å²) in [5, 5.41) is 34.1. The number of allylic oxidation sites excluding steroid dienone is 2. The van der Waals surface area contributed by atoms with Gasteiger partial charge < -0.3 is 25.6 Å². The minimum absolute atomic E-state index is 0. The maximum atomic E-state index is 15.3. The van der Waals surface area contributed by atoms with Crippen LogP contribution in [0.2, 0.25) is 0 Å². The number of aliphatic carboxylic acids is 1. The number of aliphatic hydroxyl groups is 1. The number of carboxylic acids is 1. The minimum atomic E-state index is -1.08. The van der Waals surface area contributed by atoms with Gasteiger partial charge in [0.1, 0.15) is 0 Å². The predicted molar refractivity (Wildman–Crippen MR) is 289 cm³/mol. The van der Waals surface area contributed by atoms with Gasteiger partial charge in [0.25, 0.3) is 0 Å². The van der Waals surface area contributed by atoms with E-state index in [0.717, 1.165) is 120 Å². The first-order valence-corrected chi connectivity index (χ1v) is 24.9. The van der Waals surface area contributed by atoms with Crippen molar-refractivity contribution in [3.63, 3.8) is 0 Å². The van der Waals surface area contributed by atoms with Gasteiger partial charge in [-0.2, -0.15) is 0 Å². The van der Waals surface area contributed by atoms with Crippen molar-refractivity contribution < 1.29 is 41.7 Å². The Balaban J connectivity index is 0.00000127. The Morgan fingerprint density at radius 2 is 1.03 bits per heavy atom. The zero-order valence-corrected chi connectivity index (χ0v) is 41.8. The monoisotopic (exact) mass is 998 g/mol. The topological polar surface area (TPSA) is 119 Å². The molecule has 11 rings (SSSR count). The van der Waals surface area contributed by atoms with Gasteiger partial charge in [0.05, 0.1) is 0 Å². The first-order chi connectivity index (χ1) is 35.3. The number of benzene rings is 8. The van der Waals surface area contributed by atoms with Gasteiger partial charge in [0.2, 0.25) is 0 Å². The zero-order valence-electron chi connectivity index (χ0n) is 40.6. The third-order valence-electron chi connectivity index (χ3n) is 14.0. The molecule has 0 aromatic heterocycles. The number of carbonyl (C=O) groups excluding carboxylic acids is 3. The first kappa shape index (κ1) is 50.1. The molecule has 3 N–H and O–H groups in total. The number of nitrogens with one attached hydrogen (secondary N) is 2. The van der Waals surface area contributed by atoms with E-state index < -0.39 is 5.97 Å². The van der Waals surface area contributed by atoms with Crippen LogP contribution in [0.3, 0.4) is 0 Å². The summed E-state index contributed by atoms with van der Waals surface area (Å²) in [5.41, 5.74) is 9.73. The molecule has 2 atom stereocenters. The van der Waals surface area contributed by atoms with Crippen LogP contribution in [-0.4, -0.2) is 41.3 Å². The van der Waals surface area contributed by atoms with E-state index in [0.29, 0.717) is 28.7 Å². The summed E-state index contributed by atoms with van der Waals surface area (Å²) in [4.78, 5) is 39.3. The Kier molecular flexibility index (Phi) is 15.6. The average molecular weight is 999 g/mol. The maximum Gasteiger partial charge on any atom is 0.195 e. The number of fused-ring (bicyclic) bond motifs is 4. The quantitative estimate of drug-likeness (QED) is 0.0887. The molecule has 8 aromatic rings. The predicted octanol–water partition coefficient (Wildman–Crippen LogP) is 8.09. The molecule has 0 spiro atoms. The van der Waals surface area contributed by atoms with Gasteiger partial charge in [-0.25, -0.2) is 0 Å². The molecule has 7 nitrogen and oxygen atoms in total. The summed E-state index contributed by atoms with van der Waals surface area (Å²) in [6.45, 7) is 1.09. The van der Waals surface area contributed by atoms with Crippen molar-refractivity contribution in [3.8, 4) is 22.3 Å². The van der Waals surface area contributed by atoms with Crippen LogP contribution in [0.1, 0.15) is 55.7 Å². The van der Waals surface area contributed by atoms with E-state index in [1.165, 1.54) is 0 Å². The number of ketones is 2. The number of hydrogen-bond donors (Lipinski definition) is 3.